The third-order valence-electron chi connectivity index (χ3n) is 1.99. The van der Waals surface area contributed by atoms with Crippen molar-refractivity contribution in [2.75, 3.05) is 0 Å². The Morgan fingerprint density at radius 2 is 1.73 bits per heavy atom. The molecule has 2 nitrogen and oxygen atoms in total. The minimum Gasteiger partial charge on any atom is -0.299 e. The van der Waals surface area contributed by atoms with Gasteiger partial charge >= 0.3 is 0 Å². The molecule has 0 amide bonds. The van der Waals surface area contributed by atoms with Crippen molar-refractivity contribution in [3.63, 3.8) is 0 Å². The summed E-state index contributed by atoms with van der Waals surface area (Å²) in [7, 11) is 0. The maximum absolute atomic E-state index is 11.8. The van der Waals surface area contributed by atoms with Crippen LogP contribution in [-0.4, -0.2) is 11.6 Å². The highest BCUT2D eigenvalue weighted by Gasteiger charge is 2.16. The average Bonchev–Trinajstić information content (AvgIpc) is 2.17. The van der Waals surface area contributed by atoms with Crippen molar-refractivity contribution in [2.45, 2.75) is 19.8 Å². The Labute approximate surface area is 105 Å². The van der Waals surface area contributed by atoms with Gasteiger partial charge in [0.05, 0.1) is 6.42 Å². The number of hydrogen-bond donors (Lipinski definition) is 0. The quantitative estimate of drug-likeness (QED) is 0.621. The summed E-state index contributed by atoms with van der Waals surface area (Å²) in [5.74, 6) is -0.191. The molecule has 1 aromatic rings. The normalized spacial score (nSPS) is 10.1. The molecule has 0 fully saturated rings. The lowest BCUT2D eigenvalue weighted by Crippen LogP contribution is -2.08. The monoisotopic (exact) mass is 332 g/mol. The van der Waals surface area contributed by atoms with Crippen LogP contribution in [0.1, 0.15) is 30.1 Å². The zero-order chi connectivity index (χ0) is 11.4. The predicted molar refractivity (Wildman–Crippen MR) is 66.1 cm³/mol. The van der Waals surface area contributed by atoms with Crippen LogP contribution in [0.3, 0.4) is 0 Å². The maximum Gasteiger partial charge on any atom is 0.172 e. The van der Waals surface area contributed by atoms with Crippen LogP contribution in [0.15, 0.2) is 27.1 Å². The maximum atomic E-state index is 11.8. The van der Waals surface area contributed by atoms with E-state index in [1.165, 1.54) is 0 Å². The van der Waals surface area contributed by atoms with E-state index in [2.05, 4.69) is 31.9 Å². The largest absolute Gasteiger partial charge is 0.299 e. The molecule has 0 spiro atoms. The SMILES string of the molecule is CCC(=O)CC(=O)c1c(Br)cccc1Br. The molecular formula is C11H10Br2O2. The summed E-state index contributed by atoms with van der Waals surface area (Å²) in [5, 5.41) is 0. The van der Waals surface area contributed by atoms with Crippen LogP contribution >= 0.6 is 31.9 Å². The highest BCUT2D eigenvalue weighted by atomic mass is 79.9. The van der Waals surface area contributed by atoms with Gasteiger partial charge < -0.3 is 0 Å². The van der Waals surface area contributed by atoms with Crippen molar-refractivity contribution in [3.8, 4) is 0 Å². The Balaban J connectivity index is 2.96. The van der Waals surface area contributed by atoms with E-state index < -0.39 is 0 Å². The molecule has 0 saturated heterocycles. The minimum absolute atomic E-state index is 0.0300. The molecule has 0 N–H and O–H groups in total. The van der Waals surface area contributed by atoms with Gasteiger partial charge in [0, 0.05) is 20.9 Å². The Morgan fingerprint density at radius 1 is 1.20 bits per heavy atom. The summed E-state index contributed by atoms with van der Waals surface area (Å²) in [6, 6.07) is 5.40. The Bertz CT molecular complexity index is 379. The predicted octanol–water partition coefficient (Wildman–Crippen LogP) is 3.76. The summed E-state index contributed by atoms with van der Waals surface area (Å²) in [5.41, 5.74) is 0.541. The summed E-state index contributed by atoms with van der Waals surface area (Å²) < 4.78 is 1.43. The van der Waals surface area contributed by atoms with Crippen molar-refractivity contribution in [2.24, 2.45) is 0 Å². The van der Waals surface area contributed by atoms with E-state index >= 15 is 0 Å². The first-order valence-corrected chi connectivity index (χ1v) is 6.13. The molecule has 0 radical (unpaired) electrons. The molecule has 0 aliphatic rings. The highest BCUT2D eigenvalue weighted by Crippen LogP contribution is 2.26. The Hall–Kier alpha value is -0.480. The van der Waals surface area contributed by atoms with Gasteiger partial charge in [-0.1, -0.05) is 44.8 Å². The standard InChI is InChI=1S/C11H10Br2O2/c1-2-7(14)6-10(15)11-8(12)4-3-5-9(11)13/h3-5H,2,6H2,1H3. The van der Waals surface area contributed by atoms with Crippen molar-refractivity contribution in [1.29, 1.82) is 0 Å². The third-order valence-corrected chi connectivity index (χ3v) is 3.32. The van der Waals surface area contributed by atoms with Gasteiger partial charge in [-0.15, -0.1) is 0 Å². The third kappa shape index (κ3) is 3.24. The second kappa shape index (κ2) is 5.56. The van der Waals surface area contributed by atoms with Gasteiger partial charge in [0.2, 0.25) is 0 Å². The zero-order valence-corrected chi connectivity index (χ0v) is 11.4. The summed E-state index contributed by atoms with van der Waals surface area (Å²) in [6.07, 6.45) is 0.367. The number of benzene rings is 1. The van der Waals surface area contributed by atoms with Crippen LogP contribution in [0.25, 0.3) is 0 Å². The fraction of sp³-hybridized carbons (Fsp3) is 0.273. The number of Topliss-reactive ketones (excluding diaryl/α,β-unsaturated/α-hetero) is 2. The van der Waals surface area contributed by atoms with Gasteiger partial charge in [-0.05, 0) is 12.1 Å². The molecule has 0 saturated carbocycles. The zero-order valence-electron chi connectivity index (χ0n) is 8.22. The van der Waals surface area contributed by atoms with E-state index in [-0.39, 0.29) is 18.0 Å². The van der Waals surface area contributed by atoms with Crippen molar-refractivity contribution < 1.29 is 9.59 Å². The van der Waals surface area contributed by atoms with Gasteiger partial charge in [-0.25, -0.2) is 0 Å². The molecule has 0 aromatic heterocycles. The van der Waals surface area contributed by atoms with E-state index in [0.717, 1.165) is 0 Å². The molecule has 0 heterocycles. The summed E-state index contributed by atoms with van der Waals surface area (Å²) in [6.45, 7) is 1.75. The summed E-state index contributed by atoms with van der Waals surface area (Å²) >= 11 is 6.59. The number of carbonyl (C=O) groups is 2. The lowest BCUT2D eigenvalue weighted by molar-refractivity contribution is -0.117. The lowest BCUT2D eigenvalue weighted by atomic mass is 10.1. The van der Waals surface area contributed by atoms with Crippen LogP contribution in [0.4, 0.5) is 0 Å². The molecule has 1 rings (SSSR count). The van der Waals surface area contributed by atoms with Crippen molar-refractivity contribution >= 4 is 43.4 Å². The van der Waals surface area contributed by atoms with Gasteiger partial charge in [0.25, 0.3) is 0 Å². The molecule has 4 heteroatoms. The number of carbonyl (C=O) groups excluding carboxylic acids is 2. The van der Waals surface area contributed by atoms with Gasteiger partial charge in [-0.3, -0.25) is 9.59 Å². The fourth-order valence-electron chi connectivity index (χ4n) is 1.16. The first kappa shape index (κ1) is 12.6. The van der Waals surface area contributed by atoms with E-state index in [1.54, 1.807) is 19.1 Å². The Morgan fingerprint density at radius 3 is 2.20 bits per heavy atom. The number of hydrogen-bond acceptors (Lipinski definition) is 2. The van der Waals surface area contributed by atoms with Crippen molar-refractivity contribution in [3.05, 3.63) is 32.7 Å². The number of rotatable bonds is 4. The van der Waals surface area contributed by atoms with E-state index in [0.29, 0.717) is 20.9 Å². The molecule has 0 aliphatic carbocycles. The second-order valence-corrected chi connectivity index (χ2v) is 4.80. The van der Waals surface area contributed by atoms with E-state index in [4.69, 9.17) is 0 Å². The van der Waals surface area contributed by atoms with Crippen LogP contribution in [0.5, 0.6) is 0 Å². The molecular weight excluding hydrogens is 324 g/mol. The smallest absolute Gasteiger partial charge is 0.172 e. The van der Waals surface area contributed by atoms with Crippen LogP contribution in [0.2, 0.25) is 0 Å². The number of ketones is 2. The topological polar surface area (TPSA) is 34.1 Å². The highest BCUT2D eigenvalue weighted by molar-refractivity contribution is 9.11. The molecule has 0 bridgehead atoms. The van der Waals surface area contributed by atoms with Gasteiger partial charge in [0.1, 0.15) is 5.78 Å². The molecule has 80 valence electrons. The lowest BCUT2D eigenvalue weighted by Gasteiger charge is -2.05. The minimum atomic E-state index is -0.152. The molecule has 1 aromatic carbocycles. The number of halogens is 2. The molecule has 15 heavy (non-hydrogen) atoms. The van der Waals surface area contributed by atoms with E-state index in [9.17, 15) is 9.59 Å². The summed E-state index contributed by atoms with van der Waals surface area (Å²) in [4.78, 5) is 22.9. The fourth-order valence-corrected chi connectivity index (χ4v) is 2.60. The first-order chi connectivity index (χ1) is 7.06. The first-order valence-electron chi connectivity index (χ1n) is 4.55. The van der Waals surface area contributed by atoms with E-state index in [1.807, 2.05) is 6.07 Å². The van der Waals surface area contributed by atoms with Gasteiger partial charge in [0.15, 0.2) is 5.78 Å². The average molecular weight is 334 g/mol. The van der Waals surface area contributed by atoms with Crippen LogP contribution < -0.4 is 0 Å². The molecule has 0 aliphatic heterocycles. The van der Waals surface area contributed by atoms with Crippen LogP contribution in [0, 0.1) is 0 Å². The van der Waals surface area contributed by atoms with Crippen molar-refractivity contribution in [1.82, 2.24) is 0 Å². The Kier molecular flexibility index (Phi) is 4.67. The molecule has 0 unspecified atom stereocenters. The van der Waals surface area contributed by atoms with Crippen LogP contribution in [-0.2, 0) is 4.79 Å². The van der Waals surface area contributed by atoms with Gasteiger partial charge in [-0.2, -0.15) is 0 Å². The second-order valence-electron chi connectivity index (χ2n) is 3.09. The molecule has 0 atom stereocenters.